The number of rotatable bonds is 2. The first-order valence-electron chi connectivity index (χ1n) is 2.34. The van der Waals surface area contributed by atoms with Gasteiger partial charge in [-0.25, -0.2) is 0 Å². The van der Waals surface area contributed by atoms with Crippen LogP contribution >= 0.6 is 23.2 Å². The van der Waals surface area contributed by atoms with E-state index in [2.05, 4.69) is 0 Å². The van der Waals surface area contributed by atoms with Gasteiger partial charge < -0.3 is 0 Å². The van der Waals surface area contributed by atoms with Crippen LogP contribution in [-0.4, -0.2) is 34.5 Å². The normalized spacial score (nSPS) is 12.6. The van der Waals surface area contributed by atoms with Crippen molar-refractivity contribution in [3.8, 4) is 0 Å². The molecule has 0 aromatic heterocycles. The van der Waals surface area contributed by atoms with Crippen LogP contribution in [0.5, 0.6) is 0 Å². The van der Waals surface area contributed by atoms with Crippen LogP contribution in [0, 0.1) is 5.92 Å². The average Bonchev–Trinajstić information content (AvgIpc) is 1.64. The minimum absolute atomic E-state index is 0. The van der Waals surface area contributed by atoms with Gasteiger partial charge in [-0.1, -0.05) is 6.92 Å². The molecular formula is C5H10Cl2OSn. The number of ketones is 1. The first kappa shape index (κ1) is 12.7. The van der Waals surface area contributed by atoms with Gasteiger partial charge in [0, 0.05) is 5.92 Å². The van der Waals surface area contributed by atoms with Crippen molar-refractivity contribution < 1.29 is 4.79 Å². The molecule has 0 aliphatic heterocycles. The van der Waals surface area contributed by atoms with Gasteiger partial charge in [-0.3, -0.25) is 4.79 Å². The molecule has 1 atom stereocenters. The van der Waals surface area contributed by atoms with Gasteiger partial charge in [-0.05, 0) is 6.92 Å². The van der Waals surface area contributed by atoms with E-state index in [4.69, 9.17) is 23.2 Å². The second-order valence-electron chi connectivity index (χ2n) is 1.73. The summed E-state index contributed by atoms with van der Waals surface area (Å²) in [4.78, 5) is 9.85. The van der Waals surface area contributed by atoms with Crippen molar-refractivity contribution in [2.24, 2.45) is 5.92 Å². The van der Waals surface area contributed by atoms with E-state index in [1.165, 1.54) is 6.92 Å². The van der Waals surface area contributed by atoms with Crippen molar-refractivity contribution in [2.45, 2.75) is 18.7 Å². The Morgan fingerprint density at radius 1 is 1.44 bits per heavy atom. The molecule has 0 N–H and O–H groups in total. The van der Waals surface area contributed by atoms with Crippen LogP contribution < -0.4 is 0 Å². The molecule has 1 unspecified atom stereocenters. The van der Waals surface area contributed by atoms with E-state index in [0.717, 1.165) is 0 Å². The van der Waals surface area contributed by atoms with Crippen molar-refractivity contribution in [1.82, 2.24) is 0 Å². The Hall–Kier alpha value is 1.05. The molecule has 0 rings (SSSR count). The molecule has 0 heterocycles. The molecule has 1 nitrogen and oxygen atoms in total. The Morgan fingerprint density at radius 2 is 1.78 bits per heavy atom. The fourth-order valence-electron chi connectivity index (χ4n) is 0.177. The number of hydrogen-bond donors (Lipinski definition) is 0. The summed E-state index contributed by atoms with van der Waals surface area (Å²) in [5.74, 6) is -0.210. The second kappa shape index (κ2) is 5.81. The molecule has 4 heteroatoms. The summed E-state index contributed by atoms with van der Waals surface area (Å²) < 4.78 is 0. The summed E-state index contributed by atoms with van der Waals surface area (Å²) in [5.41, 5.74) is 0. The number of halogens is 2. The topological polar surface area (TPSA) is 17.1 Å². The van der Waals surface area contributed by atoms with Crippen LogP contribution in [0.3, 0.4) is 0 Å². The molecule has 9 heavy (non-hydrogen) atoms. The Bertz CT molecular complexity index is 95.0. The molecule has 0 spiro atoms. The van der Waals surface area contributed by atoms with Crippen LogP contribution in [0.4, 0.5) is 0 Å². The van der Waals surface area contributed by atoms with Gasteiger partial charge in [0.05, 0.1) is 0 Å². The first-order chi connectivity index (χ1) is 3.55. The van der Waals surface area contributed by atoms with Gasteiger partial charge in [-0.15, -0.1) is 23.2 Å². The van der Waals surface area contributed by atoms with Gasteiger partial charge in [0.15, 0.2) is 0 Å². The van der Waals surface area contributed by atoms with Crippen LogP contribution in [0.2, 0.25) is 0 Å². The van der Waals surface area contributed by atoms with E-state index in [1.54, 1.807) is 6.92 Å². The first-order valence-corrected chi connectivity index (χ1v) is 3.21. The van der Waals surface area contributed by atoms with E-state index >= 15 is 0 Å². The number of carbonyl (C=O) groups is 1. The van der Waals surface area contributed by atoms with E-state index in [-0.39, 0.29) is 35.6 Å². The number of alkyl halides is 2. The summed E-state index contributed by atoms with van der Waals surface area (Å²) in [6.45, 7) is 3.18. The predicted molar refractivity (Wildman–Crippen MR) is 43.9 cm³/mol. The molecule has 0 saturated carbocycles. The molecule has 0 amide bonds. The summed E-state index contributed by atoms with van der Waals surface area (Å²) >= 11 is 10.7. The number of carbonyl (C=O) groups excluding carboxylic acids is 1. The van der Waals surface area contributed by atoms with Gasteiger partial charge in [-0.2, -0.15) is 0 Å². The molecule has 0 bridgehead atoms. The standard InChI is InChI=1S/C5H8Cl2O.Sn.2H/c1-3(4(2)8)5(6)7;;;/h3,5H,1-2H3;;;. The molecule has 0 aromatic carbocycles. The third-order valence-corrected chi connectivity index (χ3v) is 1.78. The summed E-state index contributed by atoms with van der Waals surface area (Å²) in [6.07, 6.45) is 0. The van der Waals surface area contributed by atoms with E-state index in [1.807, 2.05) is 0 Å². The Kier molecular flexibility index (Phi) is 8.19. The summed E-state index contributed by atoms with van der Waals surface area (Å²) in [5, 5.41) is 0. The summed E-state index contributed by atoms with van der Waals surface area (Å²) in [6, 6.07) is 0. The fourth-order valence-corrected chi connectivity index (χ4v) is 0.532. The average molecular weight is 276 g/mol. The quantitative estimate of drug-likeness (QED) is 0.545. The minimum atomic E-state index is -0.562. The molecule has 0 aliphatic rings. The second-order valence-corrected chi connectivity index (χ2v) is 2.90. The van der Waals surface area contributed by atoms with Crippen LogP contribution in [0.15, 0.2) is 0 Å². The Labute approximate surface area is 82.0 Å². The van der Waals surface area contributed by atoms with Gasteiger partial charge in [0.1, 0.15) is 10.6 Å². The SMILES string of the molecule is CC(=O)C(C)C(Cl)Cl.[SnH2]. The maximum atomic E-state index is 10.4. The number of hydrogen-bond acceptors (Lipinski definition) is 1. The van der Waals surface area contributed by atoms with Crippen molar-refractivity contribution in [3.05, 3.63) is 0 Å². The zero-order valence-corrected chi connectivity index (χ0v) is 11.1. The van der Waals surface area contributed by atoms with Crippen LogP contribution in [0.1, 0.15) is 13.8 Å². The van der Waals surface area contributed by atoms with Crippen molar-refractivity contribution >= 4 is 52.9 Å². The molecule has 0 aromatic rings. The van der Waals surface area contributed by atoms with Gasteiger partial charge >= 0.3 is 23.9 Å². The van der Waals surface area contributed by atoms with Crippen molar-refractivity contribution in [3.63, 3.8) is 0 Å². The Morgan fingerprint density at radius 3 is 1.78 bits per heavy atom. The molecule has 2 radical (unpaired) electrons. The third kappa shape index (κ3) is 5.49. The fraction of sp³-hybridized carbons (Fsp3) is 0.800. The zero-order chi connectivity index (χ0) is 6.73. The Balaban J connectivity index is 0. The molecule has 0 fully saturated rings. The van der Waals surface area contributed by atoms with Crippen LogP contribution in [0.25, 0.3) is 0 Å². The molecule has 0 aliphatic carbocycles. The zero-order valence-electron chi connectivity index (χ0n) is 5.53. The molecule has 54 valence electrons. The summed E-state index contributed by atoms with van der Waals surface area (Å²) in [7, 11) is 0. The van der Waals surface area contributed by atoms with E-state index in [9.17, 15) is 4.79 Å². The maximum absolute atomic E-state index is 10.4. The number of Topliss-reactive ketones (excluding diaryl/α,β-unsaturated/α-hetero) is 1. The third-order valence-electron chi connectivity index (χ3n) is 1.02. The van der Waals surface area contributed by atoms with E-state index < -0.39 is 4.84 Å². The van der Waals surface area contributed by atoms with Crippen molar-refractivity contribution in [2.75, 3.05) is 0 Å². The molecule has 0 saturated heterocycles. The van der Waals surface area contributed by atoms with Crippen LogP contribution in [-0.2, 0) is 4.79 Å². The monoisotopic (exact) mass is 276 g/mol. The molecular weight excluding hydrogens is 266 g/mol. The van der Waals surface area contributed by atoms with Crippen molar-refractivity contribution in [1.29, 1.82) is 0 Å². The van der Waals surface area contributed by atoms with Gasteiger partial charge in [0.2, 0.25) is 0 Å². The van der Waals surface area contributed by atoms with E-state index in [0.29, 0.717) is 0 Å². The van der Waals surface area contributed by atoms with Gasteiger partial charge in [0.25, 0.3) is 0 Å². The predicted octanol–water partition coefficient (Wildman–Crippen LogP) is 1.10.